The molecule has 0 amide bonds. The highest BCUT2D eigenvalue weighted by atomic mass is 16.5. The molecule has 1 heterocycles. The number of ether oxygens (including phenoxy) is 1. The van der Waals surface area contributed by atoms with Gasteiger partial charge in [0.2, 0.25) is 0 Å². The molecule has 0 saturated heterocycles. The van der Waals surface area contributed by atoms with Crippen molar-refractivity contribution in [3.8, 4) is 11.5 Å². The molecule has 0 spiro atoms. The lowest BCUT2D eigenvalue weighted by molar-refractivity contribution is 0.0687. The van der Waals surface area contributed by atoms with Crippen LogP contribution in [0.5, 0.6) is 11.5 Å². The zero-order chi connectivity index (χ0) is 14.3. The lowest BCUT2D eigenvalue weighted by atomic mass is 10.1. The maximum absolute atomic E-state index is 11.2. The van der Waals surface area contributed by atoms with E-state index < -0.39 is 11.9 Å². The van der Waals surface area contributed by atoms with Crippen LogP contribution in [0.15, 0.2) is 36.4 Å². The molecule has 6 heteroatoms. The van der Waals surface area contributed by atoms with E-state index in [2.05, 4.69) is 5.32 Å². The van der Waals surface area contributed by atoms with Crippen LogP contribution in [0.2, 0.25) is 0 Å². The molecule has 100 valence electrons. The molecule has 6 nitrogen and oxygen atoms in total. The van der Waals surface area contributed by atoms with Gasteiger partial charge in [-0.3, -0.25) is 0 Å². The SMILES string of the molecule is O=C(O)c1cccc2c1Oc1c(cccc1C(=O)O)N2. The third-order valence-electron chi connectivity index (χ3n) is 2.96. The van der Waals surface area contributed by atoms with E-state index in [9.17, 15) is 9.59 Å². The van der Waals surface area contributed by atoms with Crippen LogP contribution in [-0.2, 0) is 0 Å². The second-order valence-electron chi connectivity index (χ2n) is 4.20. The summed E-state index contributed by atoms with van der Waals surface area (Å²) in [5.41, 5.74) is 0.918. The quantitative estimate of drug-likeness (QED) is 0.663. The Morgan fingerprint density at radius 3 is 1.70 bits per heavy atom. The van der Waals surface area contributed by atoms with Gasteiger partial charge in [0.1, 0.15) is 11.1 Å². The number of nitrogens with one attached hydrogen (secondary N) is 1. The molecular formula is C14H9NO5. The van der Waals surface area contributed by atoms with Crippen LogP contribution in [-0.4, -0.2) is 22.2 Å². The first-order valence-corrected chi connectivity index (χ1v) is 5.75. The van der Waals surface area contributed by atoms with Gasteiger partial charge >= 0.3 is 11.9 Å². The zero-order valence-electron chi connectivity index (χ0n) is 10.1. The van der Waals surface area contributed by atoms with E-state index in [-0.39, 0.29) is 22.6 Å². The first-order valence-electron chi connectivity index (χ1n) is 5.75. The lowest BCUT2D eigenvalue weighted by Crippen LogP contribution is -2.11. The summed E-state index contributed by atoms with van der Waals surface area (Å²) in [4.78, 5) is 22.4. The zero-order valence-corrected chi connectivity index (χ0v) is 10.1. The third-order valence-corrected chi connectivity index (χ3v) is 2.96. The van der Waals surface area contributed by atoms with Crippen LogP contribution in [0.25, 0.3) is 0 Å². The average molecular weight is 271 g/mol. The molecule has 3 N–H and O–H groups in total. The minimum atomic E-state index is -1.14. The second kappa shape index (κ2) is 4.27. The van der Waals surface area contributed by atoms with Crippen molar-refractivity contribution in [2.24, 2.45) is 0 Å². The van der Waals surface area contributed by atoms with E-state index in [1.807, 2.05) is 0 Å². The number of hydrogen-bond acceptors (Lipinski definition) is 4. The number of anilines is 2. The summed E-state index contributed by atoms with van der Waals surface area (Å²) in [7, 11) is 0. The number of hydrogen-bond donors (Lipinski definition) is 3. The van der Waals surface area contributed by atoms with Crippen molar-refractivity contribution in [2.75, 3.05) is 5.32 Å². The number of carboxylic acids is 2. The summed E-state index contributed by atoms with van der Waals surface area (Å²) in [6.45, 7) is 0. The van der Waals surface area contributed by atoms with Crippen LogP contribution < -0.4 is 10.1 Å². The van der Waals surface area contributed by atoms with Gasteiger partial charge in [0.25, 0.3) is 0 Å². The van der Waals surface area contributed by atoms with Gasteiger partial charge in [-0.15, -0.1) is 0 Å². The smallest absolute Gasteiger partial charge is 0.339 e. The number of benzene rings is 2. The normalized spacial score (nSPS) is 11.6. The van der Waals surface area contributed by atoms with Gasteiger partial charge in [-0.05, 0) is 24.3 Å². The predicted octanol–water partition coefficient (Wildman–Crippen LogP) is 2.93. The van der Waals surface area contributed by atoms with Gasteiger partial charge in [0, 0.05) is 0 Å². The molecule has 0 radical (unpaired) electrons. The third kappa shape index (κ3) is 1.74. The fourth-order valence-electron chi connectivity index (χ4n) is 2.07. The summed E-state index contributed by atoms with van der Waals surface area (Å²) in [5, 5.41) is 21.3. The summed E-state index contributed by atoms with van der Waals surface area (Å²) in [6.07, 6.45) is 0. The van der Waals surface area contributed by atoms with E-state index >= 15 is 0 Å². The van der Waals surface area contributed by atoms with Gasteiger partial charge in [-0.25, -0.2) is 9.59 Å². The highest BCUT2D eigenvalue weighted by molar-refractivity contribution is 5.98. The molecule has 0 unspecified atom stereocenters. The predicted molar refractivity (Wildman–Crippen MR) is 70.2 cm³/mol. The summed E-state index contributed by atoms with van der Waals surface area (Å²) in [5.74, 6) is -2.05. The molecule has 1 aliphatic rings. The van der Waals surface area contributed by atoms with Crippen LogP contribution in [0.4, 0.5) is 11.4 Å². The van der Waals surface area contributed by atoms with Gasteiger partial charge < -0.3 is 20.3 Å². The van der Waals surface area contributed by atoms with E-state index in [1.54, 1.807) is 24.3 Å². The van der Waals surface area contributed by atoms with E-state index in [1.165, 1.54) is 12.1 Å². The van der Waals surface area contributed by atoms with Crippen LogP contribution in [0.3, 0.4) is 0 Å². The molecule has 0 atom stereocenters. The number of carboxylic acid groups (broad SMARTS) is 2. The van der Waals surface area contributed by atoms with E-state index in [4.69, 9.17) is 14.9 Å². The van der Waals surface area contributed by atoms with Crippen molar-refractivity contribution in [1.29, 1.82) is 0 Å². The Morgan fingerprint density at radius 1 is 0.850 bits per heavy atom. The Morgan fingerprint density at radius 2 is 1.30 bits per heavy atom. The Kier molecular flexibility index (Phi) is 2.57. The summed E-state index contributed by atoms with van der Waals surface area (Å²) in [6, 6.07) is 9.31. The largest absolute Gasteiger partial charge is 0.478 e. The van der Waals surface area contributed by atoms with Gasteiger partial charge in [-0.1, -0.05) is 12.1 Å². The van der Waals surface area contributed by atoms with Crippen molar-refractivity contribution in [2.45, 2.75) is 0 Å². The topological polar surface area (TPSA) is 95.9 Å². The molecule has 0 saturated carbocycles. The van der Waals surface area contributed by atoms with Crippen molar-refractivity contribution in [3.63, 3.8) is 0 Å². The highest BCUT2D eigenvalue weighted by Gasteiger charge is 2.26. The molecule has 2 aromatic rings. The van der Waals surface area contributed by atoms with Crippen molar-refractivity contribution in [1.82, 2.24) is 0 Å². The molecule has 0 fully saturated rings. The number of para-hydroxylation sites is 2. The Hall–Kier alpha value is -3.02. The first-order chi connectivity index (χ1) is 9.58. The van der Waals surface area contributed by atoms with Crippen LogP contribution in [0, 0.1) is 0 Å². The second-order valence-corrected chi connectivity index (χ2v) is 4.20. The number of rotatable bonds is 2. The Bertz CT molecular complexity index is 677. The maximum atomic E-state index is 11.2. The highest BCUT2D eigenvalue weighted by Crippen LogP contribution is 2.45. The van der Waals surface area contributed by atoms with Crippen molar-refractivity contribution < 1.29 is 24.5 Å². The average Bonchev–Trinajstić information content (AvgIpc) is 2.43. The van der Waals surface area contributed by atoms with Crippen LogP contribution >= 0.6 is 0 Å². The molecule has 0 aromatic heterocycles. The monoisotopic (exact) mass is 271 g/mol. The van der Waals surface area contributed by atoms with E-state index in [0.29, 0.717) is 11.4 Å². The minimum Gasteiger partial charge on any atom is -0.478 e. The molecule has 20 heavy (non-hydrogen) atoms. The Balaban J connectivity index is 2.18. The van der Waals surface area contributed by atoms with Crippen molar-refractivity contribution >= 4 is 23.3 Å². The molecule has 0 bridgehead atoms. The fraction of sp³-hybridized carbons (Fsp3) is 0. The summed E-state index contributed by atoms with van der Waals surface area (Å²) < 4.78 is 5.54. The standard InChI is InChI=1S/C14H9NO5/c16-13(17)7-3-1-5-9-11(7)20-12-8(14(18)19)4-2-6-10(12)15-9/h1-6,15H,(H,16,17)(H,18,19). The molecular weight excluding hydrogens is 262 g/mol. The minimum absolute atomic E-state index is 0.0270. The van der Waals surface area contributed by atoms with Gasteiger partial charge in [-0.2, -0.15) is 0 Å². The first kappa shape index (κ1) is 12.0. The maximum Gasteiger partial charge on any atom is 0.339 e. The number of fused-ring (bicyclic) bond motifs is 2. The lowest BCUT2D eigenvalue weighted by Gasteiger charge is -2.23. The van der Waals surface area contributed by atoms with Crippen molar-refractivity contribution in [3.05, 3.63) is 47.5 Å². The summed E-state index contributed by atoms with van der Waals surface area (Å²) >= 11 is 0. The molecule has 1 aliphatic heterocycles. The van der Waals surface area contributed by atoms with Crippen LogP contribution in [0.1, 0.15) is 20.7 Å². The molecule has 2 aromatic carbocycles. The fourth-order valence-corrected chi connectivity index (χ4v) is 2.07. The van der Waals surface area contributed by atoms with E-state index in [0.717, 1.165) is 0 Å². The molecule has 3 rings (SSSR count). The Labute approximate surface area is 113 Å². The van der Waals surface area contributed by atoms with Gasteiger partial charge in [0.05, 0.1) is 11.4 Å². The van der Waals surface area contributed by atoms with Gasteiger partial charge in [0.15, 0.2) is 11.5 Å². The number of aromatic carboxylic acids is 2. The number of carbonyl (C=O) groups is 2. The molecule has 0 aliphatic carbocycles.